The number of likely N-dealkylation sites (N-methyl/N-ethyl adjacent to an activating group) is 1. The zero-order valence-corrected chi connectivity index (χ0v) is 12.2. The van der Waals surface area contributed by atoms with Crippen LogP contribution in [0.2, 0.25) is 0 Å². The molecular formula is C15H19N3O3. The Bertz CT molecular complexity index is 554. The molecule has 0 spiro atoms. The highest BCUT2D eigenvalue weighted by Crippen LogP contribution is 2.19. The molecule has 0 aliphatic carbocycles. The summed E-state index contributed by atoms with van der Waals surface area (Å²) in [5.41, 5.74) is 1.20. The molecule has 6 heteroatoms. The summed E-state index contributed by atoms with van der Waals surface area (Å²) >= 11 is 0. The van der Waals surface area contributed by atoms with Gasteiger partial charge in [0, 0.05) is 24.8 Å². The van der Waals surface area contributed by atoms with E-state index in [9.17, 15) is 14.4 Å². The summed E-state index contributed by atoms with van der Waals surface area (Å²) < 4.78 is 0. The maximum atomic E-state index is 12.2. The Hall–Kier alpha value is -2.37. The van der Waals surface area contributed by atoms with Gasteiger partial charge in [-0.1, -0.05) is 0 Å². The molecule has 1 heterocycles. The Morgan fingerprint density at radius 3 is 2.43 bits per heavy atom. The largest absolute Gasteiger partial charge is 0.357 e. The normalized spacial score (nSPS) is 17.4. The number of hydrogen-bond acceptors (Lipinski definition) is 3. The van der Waals surface area contributed by atoms with Crippen LogP contribution in [0.5, 0.6) is 0 Å². The Morgan fingerprint density at radius 1 is 1.19 bits per heavy atom. The van der Waals surface area contributed by atoms with Gasteiger partial charge in [0.1, 0.15) is 6.04 Å². The van der Waals surface area contributed by atoms with Gasteiger partial charge in [-0.3, -0.25) is 9.59 Å². The molecule has 1 atom stereocenters. The molecule has 0 bridgehead atoms. The molecule has 1 aliphatic rings. The fourth-order valence-corrected chi connectivity index (χ4v) is 2.43. The van der Waals surface area contributed by atoms with Crippen molar-refractivity contribution in [2.24, 2.45) is 0 Å². The minimum absolute atomic E-state index is 0.0212. The third kappa shape index (κ3) is 3.39. The number of urea groups is 1. The summed E-state index contributed by atoms with van der Waals surface area (Å²) in [6, 6.07) is 5.98. The average molecular weight is 289 g/mol. The number of amides is 3. The summed E-state index contributed by atoms with van der Waals surface area (Å²) in [5, 5.41) is 5.33. The van der Waals surface area contributed by atoms with Crippen LogP contribution in [0.4, 0.5) is 10.5 Å². The number of nitrogens with one attached hydrogen (secondary N) is 2. The van der Waals surface area contributed by atoms with Crippen molar-refractivity contribution in [2.75, 3.05) is 18.9 Å². The second-order valence-corrected chi connectivity index (χ2v) is 5.03. The number of carbonyl (C=O) groups excluding carboxylic acids is 3. The number of ketones is 1. The quantitative estimate of drug-likeness (QED) is 0.830. The van der Waals surface area contributed by atoms with Crippen LogP contribution in [0.15, 0.2) is 24.3 Å². The maximum Gasteiger partial charge on any atom is 0.322 e. The number of rotatable bonds is 3. The number of likely N-dealkylation sites (tertiary alicyclic amines) is 1. The van der Waals surface area contributed by atoms with E-state index in [4.69, 9.17) is 0 Å². The number of carbonyl (C=O) groups is 3. The topological polar surface area (TPSA) is 78.5 Å². The molecule has 6 nitrogen and oxygen atoms in total. The van der Waals surface area contributed by atoms with Gasteiger partial charge in [0.15, 0.2) is 5.78 Å². The fourth-order valence-electron chi connectivity index (χ4n) is 2.43. The molecule has 1 saturated heterocycles. The fraction of sp³-hybridized carbons (Fsp3) is 0.400. The molecule has 3 amide bonds. The summed E-state index contributed by atoms with van der Waals surface area (Å²) in [7, 11) is 1.57. The van der Waals surface area contributed by atoms with E-state index < -0.39 is 6.04 Å². The van der Waals surface area contributed by atoms with Gasteiger partial charge in [0.05, 0.1) is 0 Å². The van der Waals surface area contributed by atoms with Crippen LogP contribution in [-0.4, -0.2) is 42.3 Å². The van der Waals surface area contributed by atoms with Crippen molar-refractivity contribution in [2.45, 2.75) is 25.8 Å². The number of benzene rings is 1. The van der Waals surface area contributed by atoms with Gasteiger partial charge in [0.25, 0.3) is 0 Å². The van der Waals surface area contributed by atoms with Crippen molar-refractivity contribution in [3.8, 4) is 0 Å². The van der Waals surface area contributed by atoms with Gasteiger partial charge in [-0.05, 0) is 44.0 Å². The summed E-state index contributed by atoms with van der Waals surface area (Å²) in [6.45, 7) is 2.06. The summed E-state index contributed by atoms with van der Waals surface area (Å²) in [4.78, 5) is 36.7. The van der Waals surface area contributed by atoms with Gasteiger partial charge >= 0.3 is 6.03 Å². The van der Waals surface area contributed by atoms with E-state index in [1.54, 1.807) is 31.3 Å². The van der Waals surface area contributed by atoms with E-state index in [-0.39, 0.29) is 17.7 Å². The van der Waals surface area contributed by atoms with E-state index in [0.29, 0.717) is 24.2 Å². The number of nitrogens with zero attached hydrogens (tertiary/aromatic N) is 1. The van der Waals surface area contributed by atoms with E-state index in [0.717, 1.165) is 6.42 Å². The van der Waals surface area contributed by atoms with Crippen LogP contribution in [0.1, 0.15) is 30.1 Å². The molecule has 2 N–H and O–H groups in total. The molecular weight excluding hydrogens is 270 g/mol. The number of anilines is 1. The third-order valence-electron chi connectivity index (χ3n) is 3.61. The van der Waals surface area contributed by atoms with Crippen molar-refractivity contribution in [1.29, 1.82) is 0 Å². The number of hydrogen-bond donors (Lipinski definition) is 2. The molecule has 1 aromatic carbocycles. The Balaban J connectivity index is 2.03. The molecule has 0 aromatic heterocycles. The Kier molecular flexibility index (Phi) is 4.57. The predicted octanol–water partition coefficient (Wildman–Crippen LogP) is 1.63. The molecule has 1 aliphatic heterocycles. The first-order chi connectivity index (χ1) is 10.0. The van der Waals surface area contributed by atoms with Gasteiger partial charge in [-0.15, -0.1) is 0 Å². The zero-order chi connectivity index (χ0) is 15.4. The van der Waals surface area contributed by atoms with Gasteiger partial charge < -0.3 is 15.5 Å². The van der Waals surface area contributed by atoms with Crippen molar-refractivity contribution in [1.82, 2.24) is 10.2 Å². The average Bonchev–Trinajstić information content (AvgIpc) is 2.96. The molecule has 2 rings (SSSR count). The SMILES string of the molecule is CNC(=O)[C@@H]1CCCN1C(=O)Nc1ccc(C(C)=O)cc1. The Morgan fingerprint density at radius 2 is 1.86 bits per heavy atom. The van der Waals surface area contributed by atoms with E-state index in [1.165, 1.54) is 11.8 Å². The van der Waals surface area contributed by atoms with E-state index >= 15 is 0 Å². The lowest BCUT2D eigenvalue weighted by molar-refractivity contribution is -0.124. The lowest BCUT2D eigenvalue weighted by Gasteiger charge is -2.23. The molecule has 21 heavy (non-hydrogen) atoms. The highest BCUT2D eigenvalue weighted by molar-refractivity contribution is 5.96. The van der Waals surface area contributed by atoms with Crippen molar-refractivity contribution >= 4 is 23.4 Å². The van der Waals surface area contributed by atoms with E-state index in [1.807, 2.05) is 0 Å². The van der Waals surface area contributed by atoms with Crippen molar-refractivity contribution < 1.29 is 14.4 Å². The molecule has 0 radical (unpaired) electrons. The van der Waals surface area contributed by atoms with Crippen LogP contribution < -0.4 is 10.6 Å². The molecule has 1 aromatic rings. The van der Waals surface area contributed by atoms with Crippen LogP contribution in [0, 0.1) is 0 Å². The first-order valence-electron chi connectivity index (χ1n) is 6.93. The minimum atomic E-state index is -0.411. The monoisotopic (exact) mass is 289 g/mol. The maximum absolute atomic E-state index is 12.2. The molecule has 0 saturated carbocycles. The van der Waals surface area contributed by atoms with Crippen LogP contribution >= 0.6 is 0 Å². The highest BCUT2D eigenvalue weighted by Gasteiger charge is 2.33. The summed E-state index contributed by atoms with van der Waals surface area (Å²) in [6.07, 6.45) is 1.49. The van der Waals surface area contributed by atoms with E-state index in [2.05, 4.69) is 10.6 Å². The zero-order valence-electron chi connectivity index (χ0n) is 12.2. The van der Waals surface area contributed by atoms with Crippen LogP contribution in [0.3, 0.4) is 0 Å². The second kappa shape index (κ2) is 6.39. The minimum Gasteiger partial charge on any atom is -0.357 e. The number of Topliss-reactive ketones (excluding diaryl/α,β-unsaturated/α-hetero) is 1. The highest BCUT2D eigenvalue weighted by atomic mass is 16.2. The third-order valence-corrected chi connectivity index (χ3v) is 3.61. The second-order valence-electron chi connectivity index (χ2n) is 5.03. The molecule has 0 unspecified atom stereocenters. The molecule has 112 valence electrons. The Labute approximate surface area is 123 Å². The lowest BCUT2D eigenvalue weighted by atomic mass is 10.1. The summed E-state index contributed by atoms with van der Waals surface area (Å²) in [5.74, 6) is -0.165. The lowest BCUT2D eigenvalue weighted by Crippen LogP contribution is -2.46. The van der Waals surface area contributed by atoms with Crippen molar-refractivity contribution in [3.05, 3.63) is 29.8 Å². The molecule has 1 fully saturated rings. The standard InChI is InChI=1S/C15H19N3O3/c1-10(19)11-5-7-12(8-6-11)17-15(21)18-9-3-4-13(18)14(20)16-2/h5-8,13H,3-4,9H2,1-2H3,(H,16,20)(H,17,21)/t13-/m0/s1. The smallest absolute Gasteiger partial charge is 0.322 e. The van der Waals surface area contributed by atoms with Gasteiger partial charge in [-0.25, -0.2) is 4.79 Å². The first kappa shape index (κ1) is 15.0. The van der Waals surface area contributed by atoms with Crippen molar-refractivity contribution in [3.63, 3.8) is 0 Å². The van der Waals surface area contributed by atoms with Gasteiger partial charge in [-0.2, -0.15) is 0 Å². The van der Waals surface area contributed by atoms with Crippen LogP contribution in [-0.2, 0) is 4.79 Å². The predicted molar refractivity (Wildman–Crippen MR) is 79.3 cm³/mol. The van der Waals surface area contributed by atoms with Gasteiger partial charge in [0.2, 0.25) is 5.91 Å². The first-order valence-corrected chi connectivity index (χ1v) is 6.93. The van der Waals surface area contributed by atoms with Crippen LogP contribution in [0.25, 0.3) is 0 Å².